The van der Waals surface area contributed by atoms with Crippen molar-refractivity contribution in [1.82, 2.24) is 20.1 Å². The number of nitrogens with zero attached hydrogens (tertiary/aromatic N) is 2. The van der Waals surface area contributed by atoms with Crippen LogP contribution in [0.3, 0.4) is 0 Å². The minimum atomic E-state index is -0.0608. The van der Waals surface area contributed by atoms with E-state index in [-0.39, 0.29) is 5.91 Å². The molecule has 0 atom stereocenters. The average Bonchev–Trinajstić information content (AvgIpc) is 3.25. The summed E-state index contributed by atoms with van der Waals surface area (Å²) in [5.74, 6) is -0.0608. The number of H-pyrrole nitrogens is 1. The second-order valence-corrected chi connectivity index (χ2v) is 8.18. The van der Waals surface area contributed by atoms with E-state index in [4.69, 9.17) is 11.6 Å². The van der Waals surface area contributed by atoms with Gasteiger partial charge in [-0.2, -0.15) is 0 Å². The molecule has 2 aromatic carbocycles. The van der Waals surface area contributed by atoms with Gasteiger partial charge in [0, 0.05) is 58.9 Å². The van der Waals surface area contributed by atoms with Gasteiger partial charge in [0.25, 0.3) is 5.91 Å². The normalized spacial score (nSPS) is 13.6. The van der Waals surface area contributed by atoms with Crippen LogP contribution in [-0.4, -0.2) is 54.9 Å². The number of carbonyl (C=O) groups excluding carboxylic acids is 1. The van der Waals surface area contributed by atoms with Crippen molar-refractivity contribution in [2.75, 3.05) is 34.2 Å². The van der Waals surface area contributed by atoms with Crippen molar-refractivity contribution in [3.63, 3.8) is 0 Å². The van der Waals surface area contributed by atoms with Gasteiger partial charge in [-0.25, -0.2) is 0 Å². The fraction of sp³-hybridized carbons (Fsp3) is 0.318. The maximum absolute atomic E-state index is 12.3. The molecule has 4 rings (SSSR count). The molecular weight excluding hydrogens is 372 g/mol. The number of likely N-dealkylation sites (N-methyl/N-ethyl adjacent to an activating group) is 2. The zero-order valence-electron chi connectivity index (χ0n) is 16.5. The first-order chi connectivity index (χ1) is 13.4. The number of halogens is 1. The molecule has 0 fully saturated rings. The molecule has 2 heterocycles. The van der Waals surface area contributed by atoms with Gasteiger partial charge in [-0.05, 0) is 51.0 Å². The first-order valence-electron chi connectivity index (χ1n) is 9.47. The van der Waals surface area contributed by atoms with E-state index in [1.807, 2.05) is 12.1 Å². The third-order valence-corrected chi connectivity index (χ3v) is 5.62. The molecule has 1 aromatic heterocycles. The van der Waals surface area contributed by atoms with Crippen molar-refractivity contribution >= 4 is 28.4 Å². The van der Waals surface area contributed by atoms with Crippen molar-refractivity contribution < 1.29 is 4.79 Å². The predicted molar refractivity (Wildman–Crippen MR) is 115 cm³/mol. The monoisotopic (exact) mass is 396 g/mol. The molecule has 0 unspecified atom stereocenters. The summed E-state index contributed by atoms with van der Waals surface area (Å²) in [5.41, 5.74) is 5.75. The molecule has 0 saturated heterocycles. The second-order valence-electron chi connectivity index (χ2n) is 7.78. The maximum atomic E-state index is 12.3. The van der Waals surface area contributed by atoms with Crippen molar-refractivity contribution in [3.05, 3.63) is 58.1 Å². The quantitative estimate of drug-likeness (QED) is 0.667. The van der Waals surface area contributed by atoms with Crippen LogP contribution < -0.4 is 5.32 Å². The number of nitrogens with one attached hydrogen (secondary N) is 2. The van der Waals surface area contributed by atoms with E-state index in [1.54, 1.807) is 0 Å². The summed E-state index contributed by atoms with van der Waals surface area (Å²) in [4.78, 5) is 20.3. The van der Waals surface area contributed by atoms with Gasteiger partial charge in [0.2, 0.25) is 0 Å². The number of aromatic amines is 1. The number of hydrogen-bond donors (Lipinski definition) is 2. The Balaban J connectivity index is 1.63. The Bertz CT molecular complexity index is 1040. The van der Waals surface area contributed by atoms with Crippen LogP contribution in [0.5, 0.6) is 0 Å². The third-order valence-electron chi connectivity index (χ3n) is 5.27. The molecule has 146 valence electrons. The van der Waals surface area contributed by atoms with Gasteiger partial charge in [0.15, 0.2) is 0 Å². The van der Waals surface area contributed by atoms with E-state index in [2.05, 4.69) is 65.5 Å². The summed E-state index contributed by atoms with van der Waals surface area (Å²) in [5, 5.41) is 4.66. The highest BCUT2D eigenvalue weighted by Crippen LogP contribution is 2.34. The highest BCUT2D eigenvalue weighted by molar-refractivity contribution is 6.32. The predicted octanol–water partition coefficient (Wildman–Crippen LogP) is 3.73. The van der Waals surface area contributed by atoms with Crippen LogP contribution in [0.15, 0.2) is 36.4 Å². The van der Waals surface area contributed by atoms with Crippen molar-refractivity contribution in [2.45, 2.75) is 13.1 Å². The number of rotatable bonds is 6. The number of benzene rings is 2. The number of carbonyl (C=O) groups is 1. The SMILES string of the molecule is CN(C)CCN(C)Cc1ccc2[nH]c(-c3ccc(Cl)c4c3C(=O)NC4)cc2c1. The molecule has 28 heavy (non-hydrogen) atoms. The van der Waals surface area contributed by atoms with Gasteiger partial charge < -0.3 is 20.1 Å². The highest BCUT2D eigenvalue weighted by atomic mass is 35.5. The average molecular weight is 397 g/mol. The lowest BCUT2D eigenvalue weighted by Crippen LogP contribution is -2.28. The standard InChI is InChI=1S/C22H25ClN4O/c1-26(2)8-9-27(3)13-14-4-7-19-15(10-14)11-20(25-19)16-5-6-18(23)17-12-24-22(28)21(16)17/h4-7,10-11,25H,8-9,12-13H2,1-3H3,(H,24,28). The Morgan fingerprint density at radius 1 is 1.07 bits per heavy atom. The summed E-state index contributed by atoms with van der Waals surface area (Å²) in [7, 11) is 6.33. The van der Waals surface area contributed by atoms with Crippen LogP contribution in [0, 0.1) is 0 Å². The smallest absolute Gasteiger partial charge is 0.252 e. The fourth-order valence-corrected chi connectivity index (χ4v) is 3.95. The fourth-order valence-electron chi connectivity index (χ4n) is 3.72. The minimum absolute atomic E-state index is 0.0608. The summed E-state index contributed by atoms with van der Waals surface area (Å²) in [6.45, 7) is 3.46. The van der Waals surface area contributed by atoms with Crippen LogP contribution in [0.4, 0.5) is 0 Å². The van der Waals surface area contributed by atoms with E-state index < -0.39 is 0 Å². The van der Waals surface area contributed by atoms with Crippen LogP contribution in [0.25, 0.3) is 22.2 Å². The van der Waals surface area contributed by atoms with Crippen LogP contribution >= 0.6 is 11.6 Å². The molecule has 0 saturated carbocycles. The highest BCUT2D eigenvalue weighted by Gasteiger charge is 2.26. The molecule has 2 N–H and O–H groups in total. The third kappa shape index (κ3) is 3.65. The maximum Gasteiger partial charge on any atom is 0.252 e. The second kappa shape index (κ2) is 7.59. The number of hydrogen-bond acceptors (Lipinski definition) is 3. The number of fused-ring (bicyclic) bond motifs is 2. The molecular formula is C22H25ClN4O. The van der Waals surface area contributed by atoms with Crippen molar-refractivity contribution in [1.29, 1.82) is 0 Å². The summed E-state index contributed by atoms with van der Waals surface area (Å²) < 4.78 is 0. The first-order valence-corrected chi connectivity index (χ1v) is 9.85. The van der Waals surface area contributed by atoms with Crippen molar-refractivity contribution in [2.24, 2.45) is 0 Å². The van der Waals surface area contributed by atoms with Crippen molar-refractivity contribution in [3.8, 4) is 11.3 Å². The molecule has 1 amide bonds. The van der Waals surface area contributed by atoms with E-state index in [0.717, 1.165) is 47.4 Å². The molecule has 0 aliphatic carbocycles. The van der Waals surface area contributed by atoms with E-state index >= 15 is 0 Å². The molecule has 6 heteroatoms. The van der Waals surface area contributed by atoms with Gasteiger partial charge in [0.1, 0.15) is 0 Å². The van der Waals surface area contributed by atoms with Gasteiger partial charge >= 0.3 is 0 Å². The van der Waals surface area contributed by atoms with Gasteiger partial charge in [-0.3, -0.25) is 4.79 Å². The van der Waals surface area contributed by atoms with Crippen LogP contribution in [0.2, 0.25) is 5.02 Å². The summed E-state index contributed by atoms with van der Waals surface area (Å²) >= 11 is 6.28. The molecule has 5 nitrogen and oxygen atoms in total. The molecule has 1 aliphatic heterocycles. The first kappa shape index (κ1) is 19.0. The number of aromatic nitrogens is 1. The molecule has 0 bridgehead atoms. The Labute approximate surface area is 170 Å². The molecule has 0 radical (unpaired) electrons. The largest absolute Gasteiger partial charge is 0.355 e. The van der Waals surface area contributed by atoms with Crippen LogP contribution in [-0.2, 0) is 13.1 Å². The summed E-state index contributed by atoms with van der Waals surface area (Å²) in [6.07, 6.45) is 0. The van der Waals surface area contributed by atoms with Crippen LogP contribution in [0.1, 0.15) is 21.5 Å². The Morgan fingerprint density at radius 2 is 1.89 bits per heavy atom. The van der Waals surface area contributed by atoms with E-state index in [9.17, 15) is 4.79 Å². The summed E-state index contributed by atoms with van der Waals surface area (Å²) in [6, 6.07) is 12.4. The van der Waals surface area contributed by atoms with Gasteiger partial charge in [-0.1, -0.05) is 23.7 Å². The number of amides is 1. The molecule has 0 spiro atoms. The Hall–Kier alpha value is -2.34. The zero-order chi connectivity index (χ0) is 19.8. The van der Waals surface area contributed by atoms with Gasteiger partial charge in [-0.15, -0.1) is 0 Å². The van der Waals surface area contributed by atoms with E-state index in [1.165, 1.54) is 5.56 Å². The molecule has 3 aromatic rings. The van der Waals surface area contributed by atoms with Gasteiger partial charge in [0.05, 0.1) is 5.56 Å². The minimum Gasteiger partial charge on any atom is -0.355 e. The lowest BCUT2D eigenvalue weighted by atomic mass is 10.0. The zero-order valence-corrected chi connectivity index (χ0v) is 17.2. The lowest BCUT2D eigenvalue weighted by molar-refractivity contribution is 0.0966. The molecule has 1 aliphatic rings. The Kier molecular flexibility index (Phi) is 5.15. The lowest BCUT2D eigenvalue weighted by Gasteiger charge is -2.19. The Morgan fingerprint density at radius 3 is 2.68 bits per heavy atom. The van der Waals surface area contributed by atoms with E-state index in [0.29, 0.717) is 17.1 Å². The topological polar surface area (TPSA) is 51.4 Å².